The highest BCUT2D eigenvalue weighted by molar-refractivity contribution is 7.91. The summed E-state index contributed by atoms with van der Waals surface area (Å²) in [7, 11) is -2.94. The van der Waals surface area contributed by atoms with Crippen molar-refractivity contribution in [1.29, 1.82) is 0 Å². The predicted octanol–water partition coefficient (Wildman–Crippen LogP) is 0.264. The van der Waals surface area contributed by atoms with Gasteiger partial charge in [-0.2, -0.15) is 0 Å². The molecule has 3 rings (SSSR count). The molecule has 0 aromatic rings. The minimum atomic E-state index is -2.94. The van der Waals surface area contributed by atoms with Crippen molar-refractivity contribution in [2.75, 3.05) is 11.5 Å². The van der Waals surface area contributed by atoms with Crippen LogP contribution < -0.4 is 5.32 Å². The van der Waals surface area contributed by atoms with Gasteiger partial charge in [-0.3, -0.25) is 10.1 Å². The van der Waals surface area contributed by atoms with E-state index in [1.165, 1.54) is 0 Å². The van der Waals surface area contributed by atoms with E-state index in [2.05, 4.69) is 5.32 Å². The standard InChI is InChI=1S/C12H20N2O3S/c1-9-13-12(5-2-3-6-12)11(15)14(9)10-4-7-18(16,17)8-10/h9-10,13H,2-8H2,1H3. The SMILES string of the molecule is CC1NC2(CCCC2)C(=O)N1C1CCS(=O)(=O)C1. The third kappa shape index (κ3) is 1.77. The molecule has 3 aliphatic rings. The van der Waals surface area contributed by atoms with Gasteiger partial charge in [-0.15, -0.1) is 0 Å². The van der Waals surface area contributed by atoms with Crippen LogP contribution in [-0.4, -0.2) is 48.5 Å². The molecule has 18 heavy (non-hydrogen) atoms. The van der Waals surface area contributed by atoms with Crippen LogP contribution in [-0.2, 0) is 14.6 Å². The van der Waals surface area contributed by atoms with Crippen molar-refractivity contribution in [3.8, 4) is 0 Å². The van der Waals surface area contributed by atoms with E-state index in [4.69, 9.17) is 0 Å². The number of carbonyl (C=O) groups excluding carboxylic acids is 1. The smallest absolute Gasteiger partial charge is 0.244 e. The number of amides is 1. The van der Waals surface area contributed by atoms with Crippen molar-refractivity contribution >= 4 is 15.7 Å². The van der Waals surface area contributed by atoms with Crippen LogP contribution in [0.3, 0.4) is 0 Å². The second-order valence-corrected chi connectivity index (χ2v) is 8.11. The lowest BCUT2D eigenvalue weighted by Crippen LogP contribution is -2.46. The Balaban J connectivity index is 1.83. The highest BCUT2D eigenvalue weighted by Gasteiger charge is 2.53. The molecule has 1 N–H and O–H groups in total. The normalized spacial score (nSPS) is 37.8. The quantitative estimate of drug-likeness (QED) is 0.744. The van der Waals surface area contributed by atoms with Gasteiger partial charge in [0.05, 0.1) is 23.2 Å². The molecule has 2 heterocycles. The van der Waals surface area contributed by atoms with Crippen LogP contribution in [0, 0.1) is 0 Å². The number of hydrogen-bond donors (Lipinski definition) is 1. The summed E-state index contributed by atoms with van der Waals surface area (Å²) < 4.78 is 23.1. The van der Waals surface area contributed by atoms with Gasteiger partial charge in [-0.1, -0.05) is 12.8 Å². The van der Waals surface area contributed by atoms with Crippen molar-refractivity contribution in [2.45, 2.75) is 56.8 Å². The molecule has 0 bridgehead atoms. The van der Waals surface area contributed by atoms with E-state index in [0.717, 1.165) is 25.7 Å². The molecule has 102 valence electrons. The molecule has 1 amide bonds. The molecule has 2 atom stereocenters. The Bertz CT molecular complexity index is 468. The first kappa shape index (κ1) is 12.4. The second-order valence-electron chi connectivity index (χ2n) is 5.88. The monoisotopic (exact) mass is 272 g/mol. The molecular weight excluding hydrogens is 252 g/mol. The maximum absolute atomic E-state index is 12.6. The van der Waals surface area contributed by atoms with Crippen LogP contribution in [0.25, 0.3) is 0 Å². The average Bonchev–Trinajstić information content (AvgIpc) is 2.92. The predicted molar refractivity (Wildman–Crippen MR) is 67.7 cm³/mol. The maximum atomic E-state index is 12.6. The van der Waals surface area contributed by atoms with E-state index in [1.807, 2.05) is 6.92 Å². The highest BCUT2D eigenvalue weighted by Crippen LogP contribution is 2.38. The zero-order valence-electron chi connectivity index (χ0n) is 10.7. The van der Waals surface area contributed by atoms with Crippen LogP contribution in [0.2, 0.25) is 0 Å². The first-order chi connectivity index (χ1) is 8.44. The molecule has 1 aliphatic carbocycles. The Morgan fingerprint density at radius 2 is 2.00 bits per heavy atom. The van der Waals surface area contributed by atoms with Crippen LogP contribution in [0.4, 0.5) is 0 Å². The maximum Gasteiger partial charge on any atom is 0.244 e. The van der Waals surface area contributed by atoms with Gasteiger partial charge in [0, 0.05) is 6.04 Å². The minimum Gasteiger partial charge on any atom is -0.322 e. The van der Waals surface area contributed by atoms with Crippen molar-refractivity contribution in [3.05, 3.63) is 0 Å². The summed E-state index contributed by atoms with van der Waals surface area (Å²) >= 11 is 0. The molecule has 0 radical (unpaired) electrons. The molecule has 2 saturated heterocycles. The van der Waals surface area contributed by atoms with Gasteiger partial charge in [0.15, 0.2) is 9.84 Å². The van der Waals surface area contributed by atoms with E-state index < -0.39 is 9.84 Å². The van der Waals surface area contributed by atoms with Gasteiger partial charge in [0.2, 0.25) is 5.91 Å². The molecule has 6 heteroatoms. The Hall–Kier alpha value is -0.620. The number of carbonyl (C=O) groups is 1. The molecule has 2 aliphatic heterocycles. The van der Waals surface area contributed by atoms with Crippen molar-refractivity contribution < 1.29 is 13.2 Å². The molecule has 3 fully saturated rings. The largest absolute Gasteiger partial charge is 0.322 e. The number of rotatable bonds is 1. The van der Waals surface area contributed by atoms with E-state index in [9.17, 15) is 13.2 Å². The Morgan fingerprint density at radius 1 is 1.33 bits per heavy atom. The van der Waals surface area contributed by atoms with Gasteiger partial charge in [-0.05, 0) is 26.2 Å². The number of nitrogens with one attached hydrogen (secondary N) is 1. The third-order valence-corrected chi connectivity index (χ3v) is 6.36. The summed E-state index contributed by atoms with van der Waals surface area (Å²) in [5, 5.41) is 3.41. The zero-order chi connectivity index (χ0) is 13.0. The van der Waals surface area contributed by atoms with E-state index in [-0.39, 0.29) is 35.2 Å². The highest BCUT2D eigenvalue weighted by atomic mass is 32.2. The number of nitrogens with zero attached hydrogens (tertiary/aromatic N) is 1. The van der Waals surface area contributed by atoms with Crippen LogP contribution in [0.5, 0.6) is 0 Å². The summed E-state index contributed by atoms with van der Waals surface area (Å²) in [6, 6.07) is -0.120. The molecule has 0 aromatic heterocycles. The van der Waals surface area contributed by atoms with Crippen LogP contribution in [0.15, 0.2) is 0 Å². The summed E-state index contributed by atoms with van der Waals surface area (Å²) in [5.41, 5.74) is -0.383. The lowest BCUT2D eigenvalue weighted by molar-refractivity contribution is -0.134. The Morgan fingerprint density at radius 3 is 2.56 bits per heavy atom. The van der Waals surface area contributed by atoms with Crippen molar-refractivity contribution in [3.63, 3.8) is 0 Å². The topological polar surface area (TPSA) is 66.5 Å². The number of hydrogen-bond acceptors (Lipinski definition) is 4. The molecule has 5 nitrogen and oxygen atoms in total. The van der Waals surface area contributed by atoms with Crippen LogP contribution >= 0.6 is 0 Å². The molecular formula is C12H20N2O3S. The van der Waals surface area contributed by atoms with Gasteiger partial charge >= 0.3 is 0 Å². The molecule has 0 aromatic carbocycles. The second kappa shape index (κ2) is 3.93. The lowest BCUT2D eigenvalue weighted by Gasteiger charge is -2.27. The summed E-state index contributed by atoms with van der Waals surface area (Å²) in [6.07, 6.45) is 4.52. The van der Waals surface area contributed by atoms with Gasteiger partial charge in [0.25, 0.3) is 0 Å². The fraction of sp³-hybridized carbons (Fsp3) is 0.917. The Labute approximate surface area is 108 Å². The fourth-order valence-corrected chi connectivity index (χ4v) is 5.48. The lowest BCUT2D eigenvalue weighted by atomic mass is 9.97. The zero-order valence-corrected chi connectivity index (χ0v) is 11.5. The third-order valence-electron chi connectivity index (χ3n) is 4.61. The molecule has 2 unspecified atom stereocenters. The van der Waals surface area contributed by atoms with E-state index >= 15 is 0 Å². The summed E-state index contributed by atoms with van der Waals surface area (Å²) in [6.45, 7) is 1.97. The van der Waals surface area contributed by atoms with Crippen LogP contribution in [0.1, 0.15) is 39.0 Å². The average molecular weight is 272 g/mol. The molecule has 1 saturated carbocycles. The fourth-order valence-electron chi connectivity index (χ4n) is 3.77. The molecule has 1 spiro atoms. The summed E-state index contributed by atoms with van der Waals surface area (Å²) in [5.74, 6) is 0.497. The van der Waals surface area contributed by atoms with Gasteiger partial charge < -0.3 is 4.90 Å². The first-order valence-electron chi connectivity index (χ1n) is 6.74. The van der Waals surface area contributed by atoms with Gasteiger partial charge in [-0.25, -0.2) is 8.42 Å². The van der Waals surface area contributed by atoms with Gasteiger partial charge in [0.1, 0.15) is 0 Å². The summed E-state index contributed by atoms with van der Waals surface area (Å²) in [4.78, 5) is 14.4. The Kier molecular flexibility index (Phi) is 2.71. The first-order valence-corrected chi connectivity index (χ1v) is 8.57. The number of sulfone groups is 1. The van der Waals surface area contributed by atoms with Crippen molar-refractivity contribution in [2.24, 2.45) is 0 Å². The van der Waals surface area contributed by atoms with E-state index in [0.29, 0.717) is 6.42 Å². The minimum absolute atomic E-state index is 0.0334. The van der Waals surface area contributed by atoms with Crippen molar-refractivity contribution in [1.82, 2.24) is 10.2 Å². The van der Waals surface area contributed by atoms with E-state index in [1.54, 1.807) is 4.90 Å².